The van der Waals surface area contributed by atoms with Crippen molar-refractivity contribution in [3.05, 3.63) is 0 Å². The molecule has 2 aliphatic heterocycles. The van der Waals surface area contributed by atoms with Crippen LogP contribution in [0.1, 0.15) is 33.1 Å². The van der Waals surface area contributed by atoms with Crippen LogP contribution in [0.25, 0.3) is 0 Å². The molecule has 0 aliphatic carbocycles. The molecular weight excluding hydrogens is 447 g/mol. The van der Waals surface area contributed by atoms with Crippen LogP contribution in [0.5, 0.6) is 0 Å². The van der Waals surface area contributed by atoms with Gasteiger partial charge < -0.3 is 25.0 Å². The summed E-state index contributed by atoms with van der Waals surface area (Å²) in [7, 11) is 1.45. The quantitative estimate of drug-likeness (QED) is 0.195. The lowest BCUT2D eigenvalue weighted by Crippen LogP contribution is -2.41. The third kappa shape index (κ3) is 6.84. The number of ether oxygens (including phenoxy) is 1. The Morgan fingerprint density at radius 1 is 1.31 bits per heavy atom. The molecule has 0 bridgehead atoms. The van der Waals surface area contributed by atoms with Gasteiger partial charge in [-0.1, -0.05) is 6.92 Å². The van der Waals surface area contributed by atoms with Crippen LogP contribution in [0.2, 0.25) is 0 Å². The fourth-order valence-electron chi connectivity index (χ4n) is 3.65. The number of likely N-dealkylation sites (tertiary alicyclic amines) is 2. The highest BCUT2D eigenvalue weighted by Gasteiger charge is 2.36. The molecule has 0 aromatic rings. The average molecular weight is 482 g/mol. The number of piperidine rings is 1. The summed E-state index contributed by atoms with van der Waals surface area (Å²) in [6.45, 7) is 10.2. The van der Waals surface area contributed by atoms with E-state index >= 15 is 0 Å². The molecular formula is C18H35IN4O3. The zero-order valence-electron chi connectivity index (χ0n) is 16.3. The van der Waals surface area contributed by atoms with Gasteiger partial charge >= 0.3 is 5.97 Å². The van der Waals surface area contributed by atoms with Gasteiger partial charge in [-0.15, -0.1) is 24.0 Å². The molecule has 2 aliphatic rings. The highest BCUT2D eigenvalue weighted by molar-refractivity contribution is 14.0. The molecule has 0 amide bonds. The van der Waals surface area contributed by atoms with Crippen LogP contribution < -0.4 is 5.32 Å². The maximum absolute atomic E-state index is 11.9. The Balaban J connectivity index is 0.00000338. The van der Waals surface area contributed by atoms with Crippen molar-refractivity contribution >= 4 is 35.9 Å². The number of methoxy groups -OCH3 is 1. The van der Waals surface area contributed by atoms with Crippen LogP contribution in [-0.2, 0) is 9.53 Å². The number of hydrogen-bond acceptors (Lipinski definition) is 5. The van der Waals surface area contributed by atoms with Gasteiger partial charge in [-0.3, -0.25) is 9.79 Å². The summed E-state index contributed by atoms with van der Waals surface area (Å²) in [5, 5.41) is 12.9. The zero-order chi connectivity index (χ0) is 18.2. The summed E-state index contributed by atoms with van der Waals surface area (Å²) in [6, 6.07) is 0. The molecule has 2 heterocycles. The van der Waals surface area contributed by atoms with E-state index in [1.54, 1.807) is 0 Å². The summed E-state index contributed by atoms with van der Waals surface area (Å²) in [5.41, 5.74) is 0. The number of hydrogen-bond donors (Lipinski definition) is 2. The largest absolute Gasteiger partial charge is 0.469 e. The second-order valence-corrected chi connectivity index (χ2v) is 7.17. The molecule has 2 unspecified atom stereocenters. The number of aliphatic hydroxyl groups is 1. The van der Waals surface area contributed by atoms with Gasteiger partial charge in [0.15, 0.2) is 5.96 Å². The molecule has 7 nitrogen and oxygen atoms in total. The molecule has 26 heavy (non-hydrogen) atoms. The van der Waals surface area contributed by atoms with E-state index in [-0.39, 0.29) is 47.9 Å². The Bertz CT molecular complexity index is 456. The van der Waals surface area contributed by atoms with E-state index in [1.807, 2.05) is 0 Å². The molecule has 8 heteroatoms. The molecule has 152 valence electrons. The topological polar surface area (TPSA) is 77.4 Å². The highest BCUT2D eigenvalue weighted by atomic mass is 127. The number of carbonyl (C=O) groups excluding carboxylic acids is 1. The Labute approximate surface area is 174 Å². The van der Waals surface area contributed by atoms with E-state index in [0.29, 0.717) is 6.54 Å². The molecule has 2 saturated heterocycles. The number of aliphatic imine (C=N–C) groups is 1. The first-order chi connectivity index (χ1) is 12.0. The van der Waals surface area contributed by atoms with Crippen molar-refractivity contribution in [2.24, 2.45) is 16.8 Å². The summed E-state index contributed by atoms with van der Waals surface area (Å²) in [4.78, 5) is 21.2. The second kappa shape index (κ2) is 12.0. The Hall–Kier alpha value is -0.610. The maximum atomic E-state index is 11.9. The molecule has 2 N–H and O–H groups in total. The highest BCUT2D eigenvalue weighted by Crippen LogP contribution is 2.24. The van der Waals surface area contributed by atoms with Gasteiger partial charge in [0.1, 0.15) is 0 Å². The van der Waals surface area contributed by atoms with Gasteiger partial charge in [-0.2, -0.15) is 0 Å². The van der Waals surface area contributed by atoms with Crippen molar-refractivity contribution in [2.75, 3.05) is 52.9 Å². The summed E-state index contributed by atoms with van der Waals surface area (Å²) >= 11 is 0. The molecule has 2 fully saturated rings. The minimum absolute atomic E-state index is 0. The number of guanidine groups is 1. The summed E-state index contributed by atoms with van der Waals surface area (Å²) in [5.74, 6) is 0.970. The molecule has 0 saturated carbocycles. The van der Waals surface area contributed by atoms with E-state index in [2.05, 4.69) is 29.0 Å². The number of carbonyl (C=O) groups is 1. The van der Waals surface area contributed by atoms with Gasteiger partial charge in [-0.05, 0) is 38.6 Å². The Morgan fingerprint density at radius 2 is 2.00 bits per heavy atom. The van der Waals surface area contributed by atoms with Gasteiger partial charge in [-0.25, -0.2) is 0 Å². The number of nitrogens with zero attached hydrogens (tertiary/aromatic N) is 3. The average Bonchev–Trinajstić information content (AvgIpc) is 3.00. The lowest BCUT2D eigenvalue weighted by Gasteiger charge is -2.29. The van der Waals surface area contributed by atoms with Gasteiger partial charge in [0, 0.05) is 39.3 Å². The predicted octanol–water partition coefficient (Wildman–Crippen LogP) is 1.16. The van der Waals surface area contributed by atoms with Crippen molar-refractivity contribution < 1.29 is 14.6 Å². The maximum Gasteiger partial charge on any atom is 0.310 e. The number of rotatable bonds is 6. The van der Waals surface area contributed by atoms with Crippen LogP contribution in [-0.4, -0.2) is 85.9 Å². The van der Waals surface area contributed by atoms with Crippen LogP contribution in [0, 0.1) is 11.8 Å². The second-order valence-electron chi connectivity index (χ2n) is 7.17. The fraction of sp³-hybridized carbons (Fsp3) is 0.889. The van der Waals surface area contributed by atoms with Gasteiger partial charge in [0.05, 0.1) is 19.1 Å². The van der Waals surface area contributed by atoms with E-state index in [4.69, 9.17) is 9.73 Å². The monoisotopic (exact) mass is 482 g/mol. The van der Waals surface area contributed by atoms with Gasteiger partial charge in [0.2, 0.25) is 0 Å². The van der Waals surface area contributed by atoms with E-state index in [0.717, 1.165) is 64.5 Å². The van der Waals surface area contributed by atoms with E-state index in [1.165, 1.54) is 7.11 Å². The smallest absolute Gasteiger partial charge is 0.310 e. The summed E-state index contributed by atoms with van der Waals surface area (Å²) in [6.07, 6.45) is 2.66. The van der Waals surface area contributed by atoms with Crippen LogP contribution in [0.4, 0.5) is 0 Å². The normalized spacial score (nSPS) is 25.1. The van der Waals surface area contributed by atoms with Crippen molar-refractivity contribution in [1.29, 1.82) is 0 Å². The first-order valence-corrected chi connectivity index (χ1v) is 9.56. The van der Waals surface area contributed by atoms with Crippen molar-refractivity contribution in [1.82, 2.24) is 15.1 Å². The van der Waals surface area contributed by atoms with Crippen LogP contribution >= 0.6 is 24.0 Å². The number of aliphatic hydroxyl groups excluding tert-OH is 1. The first kappa shape index (κ1) is 23.4. The minimum atomic E-state index is -0.127. The molecule has 0 aromatic carbocycles. The lowest BCUT2D eigenvalue weighted by atomic mass is 9.99. The third-order valence-electron chi connectivity index (χ3n) is 5.20. The van der Waals surface area contributed by atoms with E-state index in [9.17, 15) is 9.90 Å². The Kier molecular flexibility index (Phi) is 10.8. The van der Waals surface area contributed by atoms with Crippen molar-refractivity contribution in [3.63, 3.8) is 0 Å². The first-order valence-electron chi connectivity index (χ1n) is 9.56. The summed E-state index contributed by atoms with van der Waals surface area (Å²) < 4.78 is 4.92. The van der Waals surface area contributed by atoms with Crippen LogP contribution in [0.3, 0.4) is 0 Å². The Morgan fingerprint density at radius 3 is 2.62 bits per heavy atom. The third-order valence-corrected chi connectivity index (χ3v) is 5.20. The van der Waals surface area contributed by atoms with E-state index < -0.39 is 0 Å². The fourth-order valence-corrected chi connectivity index (χ4v) is 3.65. The van der Waals surface area contributed by atoms with Gasteiger partial charge in [0.25, 0.3) is 0 Å². The molecule has 0 radical (unpaired) electrons. The zero-order valence-corrected chi connectivity index (χ0v) is 18.6. The molecule has 2 atom stereocenters. The SMILES string of the molecule is CCNC(=NCCCN1CCC(O)CC1)N1CC(C)C(C(=O)OC)C1.I. The lowest BCUT2D eigenvalue weighted by molar-refractivity contribution is -0.145. The standard InChI is InChI=1S/C18H34N4O3.HI/c1-4-19-18(22-12-14(2)16(13-22)17(24)25-3)20-8-5-9-21-10-6-15(23)7-11-21;/h14-16,23H,4-13H2,1-3H3,(H,19,20);1H. The minimum Gasteiger partial charge on any atom is -0.469 e. The number of nitrogens with one attached hydrogen (secondary N) is 1. The van der Waals surface area contributed by atoms with Crippen LogP contribution in [0.15, 0.2) is 4.99 Å². The molecule has 0 aromatic heterocycles. The number of halogens is 1. The molecule has 0 spiro atoms. The predicted molar refractivity (Wildman–Crippen MR) is 114 cm³/mol. The number of esters is 1. The molecule has 2 rings (SSSR count). The van der Waals surface area contributed by atoms with Crippen molar-refractivity contribution in [3.8, 4) is 0 Å². The van der Waals surface area contributed by atoms with Crippen molar-refractivity contribution in [2.45, 2.75) is 39.2 Å².